The molecule has 2 heterocycles. The summed E-state index contributed by atoms with van der Waals surface area (Å²) in [6, 6.07) is 53.0. The standard InChI is InChI=1S/C44H24N2S2/c1-3-13-31-27(9-1)29-11-5-7-15-33(29)37-21-25(17-19-35(31)37)43-45-39-23-42-40(24-41(39)47-43)46-44(48-42)26-18-20-36-32-14-4-2-10-28(32)30-12-6-8-16-34(30)38(36)22-26/h1-24H. The Bertz CT molecular complexity index is 2800. The molecule has 9 aromatic carbocycles. The maximum absolute atomic E-state index is 5.17. The molecule has 0 aliphatic carbocycles. The first-order valence-electron chi connectivity index (χ1n) is 16.2. The van der Waals surface area contributed by atoms with Crippen LogP contribution in [0.2, 0.25) is 0 Å². The molecule has 0 spiro atoms. The van der Waals surface area contributed by atoms with Gasteiger partial charge >= 0.3 is 0 Å². The van der Waals surface area contributed by atoms with E-state index < -0.39 is 0 Å². The molecule has 0 aliphatic rings. The highest BCUT2D eigenvalue weighted by molar-refractivity contribution is 7.23. The second kappa shape index (κ2) is 9.91. The molecule has 0 fully saturated rings. The molecule has 0 amide bonds. The van der Waals surface area contributed by atoms with Gasteiger partial charge in [0.15, 0.2) is 0 Å². The van der Waals surface area contributed by atoms with Gasteiger partial charge in [0.2, 0.25) is 0 Å². The molecule has 11 aromatic rings. The van der Waals surface area contributed by atoms with Gasteiger partial charge in [-0.05, 0) is 88.9 Å². The van der Waals surface area contributed by atoms with Gasteiger partial charge in [-0.15, -0.1) is 22.7 Å². The van der Waals surface area contributed by atoms with E-state index in [1.807, 2.05) is 0 Å². The molecule has 4 heteroatoms. The van der Waals surface area contributed by atoms with Gasteiger partial charge in [-0.25, -0.2) is 9.97 Å². The van der Waals surface area contributed by atoms with Crippen molar-refractivity contribution in [1.29, 1.82) is 0 Å². The molecular formula is C44H24N2S2. The van der Waals surface area contributed by atoms with Gasteiger partial charge < -0.3 is 0 Å². The lowest BCUT2D eigenvalue weighted by atomic mass is 9.93. The fourth-order valence-electron chi connectivity index (χ4n) is 7.68. The van der Waals surface area contributed by atoms with Crippen LogP contribution < -0.4 is 0 Å². The van der Waals surface area contributed by atoms with Crippen molar-refractivity contribution >= 4 is 108 Å². The first-order valence-corrected chi connectivity index (χ1v) is 17.8. The summed E-state index contributed by atoms with van der Waals surface area (Å²) in [6.45, 7) is 0. The molecule has 0 radical (unpaired) electrons. The van der Waals surface area contributed by atoms with Crippen molar-refractivity contribution in [3.05, 3.63) is 146 Å². The smallest absolute Gasteiger partial charge is 0.124 e. The normalized spacial score (nSPS) is 12.2. The van der Waals surface area contributed by atoms with E-state index in [9.17, 15) is 0 Å². The summed E-state index contributed by atoms with van der Waals surface area (Å²) in [5, 5.41) is 17.5. The van der Waals surface area contributed by atoms with Crippen molar-refractivity contribution in [3.8, 4) is 21.1 Å². The largest absolute Gasteiger partial charge is 0.236 e. The molecule has 2 nitrogen and oxygen atoms in total. The summed E-state index contributed by atoms with van der Waals surface area (Å²) in [6.07, 6.45) is 0. The van der Waals surface area contributed by atoms with E-state index in [0.717, 1.165) is 41.6 Å². The van der Waals surface area contributed by atoms with E-state index in [-0.39, 0.29) is 0 Å². The number of benzene rings is 9. The van der Waals surface area contributed by atoms with Crippen molar-refractivity contribution in [3.63, 3.8) is 0 Å². The highest BCUT2D eigenvalue weighted by atomic mass is 32.1. The van der Waals surface area contributed by atoms with Gasteiger partial charge in [0, 0.05) is 11.1 Å². The average molecular weight is 645 g/mol. The topological polar surface area (TPSA) is 25.8 Å². The molecule has 0 N–H and O–H groups in total. The Morgan fingerprint density at radius 2 is 0.583 bits per heavy atom. The molecule has 222 valence electrons. The molecule has 2 aromatic heterocycles. The van der Waals surface area contributed by atoms with E-state index in [4.69, 9.17) is 9.97 Å². The first kappa shape index (κ1) is 26.4. The molecule has 11 rings (SSSR count). The zero-order chi connectivity index (χ0) is 31.3. The lowest BCUT2D eigenvalue weighted by Crippen LogP contribution is -1.84. The maximum Gasteiger partial charge on any atom is 0.124 e. The summed E-state index contributed by atoms with van der Waals surface area (Å²) in [5.41, 5.74) is 4.35. The van der Waals surface area contributed by atoms with Crippen molar-refractivity contribution in [2.45, 2.75) is 0 Å². The molecule has 0 saturated heterocycles. The Kier molecular flexibility index (Phi) is 5.45. The Labute approximate surface area is 283 Å². The number of rotatable bonds is 2. The zero-order valence-electron chi connectivity index (χ0n) is 25.6. The van der Waals surface area contributed by atoms with Crippen LogP contribution in [-0.4, -0.2) is 9.97 Å². The van der Waals surface area contributed by atoms with Gasteiger partial charge in [0.1, 0.15) is 10.0 Å². The molecule has 0 unspecified atom stereocenters. The van der Waals surface area contributed by atoms with Crippen molar-refractivity contribution in [2.24, 2.45) is 0 Å². The van der Waals surface area contributed by atoms with Gasteiger partial charge in [-0.2, -0.15) is 0 Å². The molecule has 0 saturated carbocycles. The maximum atomic E-state index is 5.17. The minimum Gasteiger partial charge on any atom is -0.236 e. The minimum atomic E-state index is 1.03. The van der Waals surface area contributed by atoms with Crippen LogP contribution in [0, 0.1) is 0 Å². The van der Waals surface area contributed by atoms with E-state index in [1.54, 1.807) is 22.7 Å². The Morgan fingerprint density at radius 1 is 0.292 bits per heavy atom. The second-order valence-electron chi connectivity index (χ2n) is 12.5. The van der Waals surface area contributed by atoms with Crippen LogP contribution >= 0.6 is 22.7 Å². The Morgan fingerprint density at radius 3 is 0.917 bits per heavy atom. The number of nitrogens with zero attached hydrogens (tertiary/aromatic N) is 2. The third-order valence-corrected chi connectivity index (χ3v) is 12.0. The number of fused-ring (bicyclic) bond motifs is 14. The molecule has 0 atom stereocenters. The van der Waals surface area contributed by atoms with Crippen molar-refractivity contribution < 1.29 is 0 Å². The lowest BCUT2D eigenvalue weighted by molar-refractivity contribution is 1.48. The molecule has 0 bridgehead atoms. The highest BCUT2D eigenvalue weighted by Crippen LogP contribution is 2.42. The molecule has 0 aliphatic heterocycles. The third-order valence-electron chi connectivity index (χ3n) is 9.88. The Hall–Kier alpha value is -5.68. The predicted molar refractivity (Wildman–Crippen MR) is 209 cm³/mol. The monoisotopic (exact) mass is 644 g/mol. The van der Waals surface area contributed by atoms with E-state index in [1.165, 1.54) is 64.6 Å². The van der Waals surface area contributed by atoms with Gasteiger partial charge in [0.25, 0.3) is 0 Å². The summed E-state index contributed by atoms with van der Waals surface area (Å²) < 4.78 is 2.32. The van der Waals surface area contributed by atoms with Crippen LogP contribution in [0.3, 0.4) is 0 Å². The van der Waals surface area contributed by atoms with Gasteiger partial charge in [0.05, 0.1) is 20.4 Å². The van der Waals surface area contributed by atoms with Crippen molar-refractivity contribution in [1.82, 2.24) is 9.97 Å². The van der Waals surface area contributed by atoms with E-state index in [2.05, 4.69) is 146 Å². The quantitative estimate of drug-likeness (QED) is 0.175. The van der Waals surface area contributed by atoms with Crippen LogP contribution in [0.1, 0.15) is 0 Å². The van der Waals surface area contributed by atoms with Crippen LogP contribution in [0.15, 0.2) is 146 Å². The first-order chi connectivity index (χ1) is 23.8. The number of aromatic nitrogens is 2. The summed E-state index contributed by atoms with van der Waals surface area (Å²) >= 11 is 3.49. The Balaban J connectivity index is 1.03. The predicted octanol–water partition coefficient (Wildman–Crippen LogP) is 13.2. The number of hydrogen-bond acceptors (Lipinski definition) is 4. The fourth-order valence-corrected chi connectivity index (χ4v) is 9.63. The highest BCUT2D eigenvalue weighted by Gasteiger charge is 2.16. The van der Waals surface area contributed by atoms with Crippen LogP contribution in [0.5, 0.6) is 0 Å². The number of hydrogen-bond donors (Lipinski definition) is 0. The second-order valence-corrected chi connectivity index (χ2v) is 14.6. The number of thiazole rings is 2. The van der Waals surface area contributed by atoms with Crippen LogP contribution in [-0.2, 0) is 0 Å². The van der Waals surface area contributed by atoms with Crippen LogP contribution in [0.4, 0.5) is 0 Å². The van der Waals surface area contributed by atoms with Crippen LogP contribution in [0.25, 0.3) is 106 Å². The summed E-state index contributed by atoms with van der Waals surface area (Å²) in [7, 11) is 0. The lowest BCUT2D eigenvalue weighted by Gasteiger charge is -2.11. The van der Waals surface area contributed by atoms with E-state index >= 15 is 0 Å². The van der Waals surface area contributed by atoms with Crippen molar-refractivity contribution in [2.75, 3.05) is 0 Å². The van der Waals surface area contributed by atoms with Gasteiger partial charge in [-0.1, -0.05) is 121 Å². The zero-order valence-corrected chi connectivity index (χ0v) is 27.2. The van der Waals surface area contributed by atoms with Gasteiger partial charge in [-0.3, -0.25) is 0 Å². The molecule has 48 heavy (non-hydrogen) atoms. The summed E-state index contributed by atoms with van der Waals surface area (Å²) in [5.74, 6) is 0. The third kappa shape index (κ3) is 3.79. The molecular weight excluding hydrogens is 621 g/mol. The SMILES string of the molecule is c1ccc2c(c1)c1ccccc1c1cc(-c3nc4cc5sc(-c6ccc7c8ccccc8c8ccccc8c7c6)nc5cc4s3)ccc21. The summed E-state index contributed by atoms with van der Waals surface area (Å²) in [4.78, 5) is 10.3. The average Bonchev–Trinajstić information content (AvgIpc) is 3.77. The van der Waals surface area contributed by atoms with E-state index in [0.29, 0.717) is 0 Å². The fraction of sp³-hybridized carbons (Fsp3) is 0. The minimum absolute atomic E-state index is 1.03.